The molecule has 0 unspecified atom stereocenters. The molecule has 22 heavy (non-hydrogen) atoms. The molecular weight excluding hydrogens is 297 g/mol. The van der Waals surface area contributed by atoms with Crippen LogP contribution in [0.3, 0.4) is 0 Å². The fourth-order valence-corrected chi connectivity index (χ4v) is 3.95. The molecule has 3 atom stereocenters. The van der Waals surface area contributed by atoms with Gasteiger partial charge in [-0.2, -0.15) is 0 Å². The minimum atomic E-state index is -0.194. The summed E-state index contributed by atoms with van der Waals surface area (Å²) in [5.41, 5.74) is 4.67. The summed E-state index contributed by atoms with van der Waals surface area (Å²) in [6.45, 7) is 2.05. The van der Waals surface area contributed by atoms with Gasteiger partial charge < -0.3 is 5.32 Å². The lowest BCUT2D eigenvalue weighted by atomic mass is 9.76. The quantitative estimate of drug-likeness (QED) is 0.674. The largest absolute Gasteiger partial charge is 0.377 e. The SMILES string of the molecule is Cc1c(Cl)ccc2c1N[C@H](c1ccc(F)cc1)[C@@H]1CC=C[C@H]21. The number of allylic oxidation sites excluding steroid dienone is 2. The van der Waals surface area contributed by atoms with Crippen LogP contribution in [0.4, 0.5) is 10.1 Å². The topological polar surface area (TPSA) is 12.0 Å². The van der Waals surface area contributed by atoms with Crippen molar-refractivity contribution in [1.29, 1.82) is 0 Å². The van der Waals surface area contributed by atoms with Crippen LogP contribution in [0.15, 0.2) is 48.6 Å². The van der Waals surface area contributed by atoms with E-state index in [2.05, 4.69) is 30.5 Å². The van der Waals surface area contributed by atoms with Crippen LogP contribution in [-0.4, -0.2) is 0 Å². The van der Waals surface area contributed by atoms with Crippen molar-refractivity contribution in [2.24, 2.45) is 5.92 Å². The van der Waals surface area contributed by atoms with Gasteiger partial charge in [-0.25, -0.2) is 4.39 Å². The van der Waals surface area contributed by atoms with Crippen LogP contribution in [-0.2, 0) is 0 Å². The maximum absolute atomic E-state index is 13.2. The zero-order valence-electron chi connectivity index (χ0n) is 12.3. The van der Waals surface area contributed by atoms with Gasteiger partial charge in [0.05, 0.1) is 6.04 Å². The van der Waals surface area contributed by atoms with E-state index in [1.165, 1.54) is 17.7 Å². The summed E-state index contributed by atoms with van der Waals surface area (Å²) in [5, 5.41) is 4.45. The van der Waals surface area contributed by atoms with Crippen molar-refractivity contribution < 1.29 is 4.39 Å². The van der Waals surface area contributed by atoms with E-state index in [-0.39, 0.29) is 11.9 Å². The number of halogens is 2. The Morgan fingerprint density at radius 2 is 1.91 bits per heavy atom. The van der Waals surface area contributed by atoms with Gasteiger partial charge in [0.2, 0.25) is 0 Å². The zero-order valence-corrected chi connectivity index (χ0v) is 13.1. The van der Waals surface area contributed by atoms with Crippen molar-refractivity contribution in [3.63, 3.8) is 0 Å². The first-order valence-corrected chi connectivity index (χ1v) is 8.00. The molecule has 0 amide bonds. The average molecular weight is 314 g/mol. The lowest BCUT2D eigenvalue weighted by Crippen LogP contribution is -2.29. The number of fused-ring (bicyclic) bond motifs is 3. The van der Waals surface area contributed by atoms with Crippen molar-refractivity contribution in [2.45, 2.75) is 25.3 Å². The van der Waals surface area contributed by atoms with Gasteiger partial charge in [-0.15, -0.1) is 0 Å². The predicted octanol–water partition coefficient (Wildman–Crippen LogP) is 5.61. The fraction of sp³-hybridized carbons (Fsp3) is 0.263. The van der Waals surface area contributed by atoms with Crippen molar-refractivity contribution in [2.75, 3.05) is 5.32 Å². The van der Waals surface area contributed by atoms with E-state index < -0.39 is 0 Å². The molecule has 3 heteroatoms. The van der Waals surface area contributed by atoms with E-state index in [9.17, 15) is 4.39 Å². The Labute approximate surface area is 134 Å². The molecule has 0 spiro atoms. The maximum atomic E-state index is 13.2. The molecule has 2 aromatic carbocycles. The average Bonchev–Trinajstić information content (AvgIpc) is 3.01. The Bertz CT molecular complexity index is 751. The molecule has 112 valence electrons. The molecule has 2 aromatic rings. The standard InChI is InChI=1S/C19H17ClFN/c1-11-17(20)10-9-16-14-3-2-4-15(14)19(22-18(11)16)12-5-7-13(21)8-6-12/h2-3,5-10,14-15,19,22H,4H2,1H3/t14-,15+,19+/m0/s1. The van der Waals surface area contributed by atoms with E-state index in [0.717, 1.165) is 28.3 Å². The third-order valence-corrected chi connectivity index (χ3v) is 5.37. The van der Waals surface area contributed by atoms with Gasteiger partial charge in [0.15, 0.2) is 0 Å². The van der Waals surface area contributed by atoms with Gasteiger partial charge in [0.25, 0.3) is 0 Å². The van der Waals surface area contributed by atoms with Gasteiger partial charge in [-0.3, -0.25) is 0 Å². The van der Waals surface area contributed by atoms with Crippen LogP contribution in [0, 0.1) is 18.7 Å². The number of anilines is 1. The van der Waals surface area contributed by atoms with E-state index in [1.807, 2.05) is 18.2 Å². The summed E-state index contributed by atoms with van der Waals surface area (Å²) >= 11 is 6.30. The van der Waals surface area contributed by atoms with Crippen molar-refractivity contribution in [3.05, 3.63) is 76.1 Å². The molecule has 0 fully saturated rings. The first kappa shape index (κ1) is 13.8. The van der Waals surface area contributed by atoms with Crippen LogP contribution >= 0.6 is 11.6 Å². The van der Waals surface area contributed by atoms with Gasteiger partial charge in [-0.05, 0) is 54.2 Å². The Morgan fingerprint density at radius 3 is 2.68 bits per heavy atom. The second-order valence-electron chi connectivity index (χ2n) is 6.16. The second-order valence-corrected chi connectivity index (χ2v) is 6.57. The van der Waals surface area contributed by atoms with Gasteiger partial charge in [0.1, 0.15) is 5.82 Å². The lowest BCUT2D eigenvalue weighted by molar-refractivity contribution is 0.425. The molecule has 2 aliphatic rings. The zero-order chi connectivity index (χ0) is 15.3. The third-order valence-electron chi connectivity index (χ3n) is 4.96. The highest BCUT2D eigenvalue weighted by atomic mass is 35.5. The number of hydrogen-bond acceptors (Lipinski definition) is 1. The minimum Gasteiger partial charge on any atom is -0.377 e. The first-order valence-electron chi connectivity index (χ1n) is 7.63. The molecule has 1 aliphatic heterocycles. The molecule has 1 nitrogen and oxygen atoms in total. The molecule has 0 saturated heterocycles. The molecule has 0 radical (unpaired) electrons. The molecular formula is C19H17ClFN. The van der Waals surface area contributed by atoms with Crippen LogP contribution in [0.5, 0.6) is 0 Å². The molecule has 4 rings (SSSR count). The normalized spacial score (nSPS) is 25.5. The van der Waals surface area contributed by atoms with Gasteiger partial charge in [0, 0.05) is 16.6 Å². The van der Waals surface area contributed by atoms with Crippen LogP contribution in [0.25, 0.3) is 0 Å². The number of nitrogens with one attached hydrogen (secondary N) is 1. The lowest BCUT2D eigenvalue weighted by Gasteiger charge is -2.38. The van der Waals surface area contributed by atoms with Gasteiger partial charge >= 0.3 is 0 Å². The monoisotopic (exact) mass is 313 g/mol. The number of hydrogen-bond donors (Lipinski definition) is 1. The Balaban J connectivity index is 1.82. The fourth-order valence-electron chi connectivity index (χ4n) is 3.79. The van der Waals surface area contributed by atoms with E-state index >= 15 is 0 Å². The smallest absolute Gasteiger partial charge is 0.123 e. The molecule has 1 N–H and O–H groups in total. The Morgan fingerprint density at radius 1 is 1.14 bits per heavy atom. The summed E-state index contributed by atoms with van der Waals surface area (Å²) < 4.78 is 13.2. The summed E-state index contributed by atoms with van der Waals surface area (Å²) in [4.78, 5) is 0. The maximum Gasteiger partial charge on any atom is 0.123 e. The van der Waals surface area contributed by atoms with Crippen LogP contribution < -0.4 is 5.32 Å². The molecule has 1 aliphatic carbocycles. The predicted molar refractivity (Wildman–Crippen MR) is 88.9 cm³/mol. The minimum absolute atomic E-state index is 0.185. The highest BCUT2D eigenvalue weighted by Gasteiger charge is 2.38. The third kappa shape index (κ3) is 2.05. The number of benzene rings is 2. The van der Waals surface area contributed by atoms with Crippen molar-refractivity contribution in [3.8, 4) is 0 Å². The van der Waals surface area contributed by atoms with E-state index in [0.29, 0.717) is 11.8 Å². The molecule has 0 aromatic heterocycles. The summed E-state index contributed by atoms with van der Waals surface area (Å²) in [6.07, 6.45) is 5.60. The van der Waals surface area contributed by atoms with Gasteiger partial charge in [-0.1, -0.05) is 42.0 Å². The second kappa shape index (κ2) is 5.13. The molecule has 0 bridgehead atoms. The van der Waals surface area contributed by atoms with Crippen molar-refractivity contribution >= 4 is 17.3 Å². The van der Waals surface area contributed by atoms with E-state index in [1.54, 1.807) is 0 Å². The molecule has 1 heterocycles. The first-order chi connectivity index (χ1) is 10.6. The van der Waals surface area contributed by atoms with Crippen LogP contribution in [0.1, 0.15) is 35.1 Å². The molecule has 0 saturated carbocycles. The van der Waals surface area contributed by atoms with Crippen molar-refractivity contribution in [1.82, 2.24) is 0 Å². The van der Waals surface area contributed by atoms with Crippen LogP contribution in [0.2, 0.25) is 5.02 Å². The summed E-state index contributed by atoms with van der Waals surface area (Å²) in [7, 11) is 0. The highest BCUT2D eigenvalue weighted by Crippen LogP contribution is 2.51. The Kier molecular flexibility index (Phi) is 3.23. The van der Waals surface area contributed by atoms with E-state index in [4.69, 9.17) is 11.6 Å². The summed E-state index contributed by atoms with van der Waals surface area (Å²) in [6, 6.07) is 11.1. The summed E-state index contributed by atoms with van der Waals surface area (Å²) in [5.74, 6) is 0.682. The Hall–Kier alpha value is -1.80. The highest BCUT2D eigenvalue weighted by molar-refractivity contribution is 6.31. The number of rotatable bonds is 1.